The third-order valence-electron chi connectivity index (χ3n) is 5.91. The molecule has 2 aliphatic heterocycles. The van der Waals surface area contributed by atoms with Crippen LogP contribution in [0.2, 0.25) is 0 Å². The van der Waals surface area contributed by atoms with Gasteiger partial charge in [-0.3, -0.25) is 14.4 Å². The maximum absolute atomic E-state index is 13.7. The van der Waals surface area contributed by atoms with Gasteiger partial charge >= 0.3 is 6.18 Å². The van der Waals surface area contributed by atoms with Crippen LogP contribution >= 0.6 is 0 Å². The number of aryl methyl sites for hydroxylation is 1. The van der Waals surface area contributed by atoms with Gasteiger partial charge in [0.05, 0.1) is 17.2 Å². The summed E-state index contributed by atoms with van der Waals surface area (Å²) in [5.74, 6) is -2.26. The van der Waals surface area contributed by atoms with E-state index in [4.69, 9.17) is 4.74 Å². The maximum atomic E-state index is 13.7. The summed E-state index contributed by atoms with van der Waals surface area (Å²) in [5.41, 5.74) is 0.0694. The van der Waals surface area contributed by atoms with Crippen molar-refractivity contribution in [1.82, 2.24) is 0 Å². The number of rotatable bonds is 5. The van der Waals surface area contributed by atoms with E-state index in [-0.39, 0.29) is 24.6 Å². The second-order valence-corrected chi connectivity index (χ2v) is 8.48. The highest BCUT2D eigenvalue weighted by Crippen LogP contribution is 2.37. The molecule has 34 heavy (non-hydrogen) atoms. The van der Waals surface area contributed by atoms with Crippen LogP contribution in [-0.2, 0) is 25.3 Å². The summed E-state index contributed by atoms with van der Waals surface area (Å²) in [6, 6.07) is 10.4. The monoisotopic (exact) mass is 475 g/mol. The molecule has 2 aliphatic rings. The number of nitrogens with one attached hydrogen (secondary N) is 2. The molecule has 2 unspecified atom stereocenters. The van der Waals surface area contributed by atoms with Crippen LogP contribution in [0.3, 0.4) is 0 Å². The molecule has 2 N–H and O–H groups in total. The van der Waals surface area contributed by atoms with Crippen molar-refractivity contribution in [3.05, 3.63) is 53.6 Å². The number of nitrogens with zero attached hydrogens (tertiary/aromatic N) is 1. The van der Waals surface area contributed by atoms with Crippen LogP contribution in [0.1, 0.15) is 30.4 Å². The molecule has 0 aliphatic carbocycles. The molecule has 2 fully saturated rings. The zero-order chi connectivity index (χ0) is 24.5. The molecule has 0 saturated carbocycles. The summed E-state index contributed by atoms with van der Waals surface area (Å²) < 4.78 is 46.4. The van der Waals surface area contributed by atoms with Crippen molar-refractivity contribution < 1.29 is 32.3 Å². The fourth-order valence-electron chi connectivity index (χ4n) is 4.06. The van der Waals surface area contributed by atoms with Gasteiger partial charge in [-0.15, -0.1) is 0 Å². The first-order valence-electron chi connectivity index (χ1n) is 10.9. The van der Waals surface area contributed by atoms with Gasteiger partial charge in [0.25, 0.3) is 5.91 Å². The van der Waals surface area contributed by atoms with E-state index in [9.17, 15) is 27.6 Å². The Hall–Kier alpha value is -3.40. The Labute approximate surface area is 194 Å². The molecule has 2 heterocycles. The van der Waals surface area contributed by atoms with Gasteiger partial charge in [0.1, 0.15) is 6.10 Å². The van der Waals surface area contributed by atoms with E-state index in [1.165, 1.54) is 11.0 Å². The maximum Gasteiger partial charge on any atom is 0.418 e. The first-order valence-corrected chi connectivity index (χ1v) is 10.9. The number of anilines is 3. The molecule has 0 aromatic heterocycles. The number of benzene rings is 2. The van der Waals surface area contributed by atoms with E-state index in [0.29, 0.717) is 25.1 Å². The van der Waals surface area contributed by atoms with E-state index in [1.54, 1.807) is 12.1 Å². The fourth-order valence-corrected chi connectivity index (χ4v) is 4.06. The number of halogens is 3. The molecule has 0 bridgehead atoms. The molecule has 180 valence electrons. The molecule has 10 heteroatoms. The van der Waals surface area contributed by atoms with Gasteiger partial charge in [0.2, 0.25) is 11.8 Å². The summed E-state index contributed by atoms with van der Waals surface area (Å²) in [5, 5.41) is 4.76. The van der Waals surface area contributed by atoms with E-state index in [0.717, 1.165) is 17.7 Å². The van der Waals surface area contributed by atoms with E-state index < -0.39 is 41.3 Å². The van der Waals surface area contributed by atoms with E-state index in [2.05, 4.69) is 10.6 Å². The number of hydrogen-bond acceptors (Lipinski definition) is 4. The van der Waals surface area contributed by atoms with Crippen LogP contribution in [0.15, 0.2) is 42.5 Å². The predicted octanol–water partition coefficient (Wildman–Crippen LogP) is 4.12. The molecule has 2 atom stereocenters. The topological polar surface area (TPSA) is 87.7 Å². The van der Waals surface area contributed by atoms with Crippen LogP contribution in [0.4, 0.5) is 30.2 Å². The molecular weight excluding hydrogens is 451 g/mol. The van der Waals surface area contributed by atoms with E-state index in [1.807, 2.05) is 19.1 Å². The van der Waals surface area contributed by atoms with Gasteiger partial charge in [0, 0.05) is 30.9 Å². The van der Waals surface area contributed by atoms with Crippen LogP contribution in [0.25, 0.3) is 0 Å². The number of alkyl halides is 3. The highest BCUT2D eigenvalue weighted by atomic mass is 19.4. The van der Waals surface area contributed by atoms with Crippen molar-refractivity contribution >= 4 is 34.8 Å². The van der Waals surface area contributed by atoms with Crippen LogP contribution in [0, 0.1) is 12.8 Å². The molecule has 0 radical (unpaired) electrons. The molecule has 2 aromatic rings. The van der Waals surface area contributed by atoms with Gasteiger partial charge in [-0.2, -0.15) is 13.2 Å². The zero-order valence-corrected chi connectivity index (χ0v) is 18.4. The number of carbonyl (C=O) groups is 3. The largest absolute Gasteiger partial charge is 0.418 e. The summed E-state index contributed by atoms with van der Waals surface area (Å²) in [6.07, 6.45) is -4.35. The van der Waals surface area contributed by atoms with Crippen LogP contribution in [0.5, 0.6) is 0 Å². The molecule has 2 saturated heterocycles. The SMILES string of the molecule is Cc1ccc(N2CC(C(=O)Nc3ccc(NC(=O)C4CCCO4)cc3C(F)(F)F)CC2=O)cc1. The van der Waals surface area contributed by atoms with Gasteiger partial charge in [-0.05, 0) is 50.1 Å². The second kappa shape index (κ2) is 9.46. The van der Waals surface area contributed by atoms with Crippen molar-refractivity contribution in [3.63, 3.8) is 0 Å². The number of amides is 3. The highest BCUT2D eigenvalue weighted by molar-refractivity contribution is 6.04. The first kappa shape index (κ1) is 23.7. The Morgan fingerprint density at radius 3 is 2.44 bits per heavy atom. The highest BCUT2D eigenvalue weighted by Gasteiger charge is 2.38. The minimum Gasteiger partial charge on any atom is -0.368 e. The number of ether oxygens (including phenoxy) is 1. The third kappa shape index (κ3) is 5.22. The molecule has 7 nitrogen and oxygen atoms in total. The fraction of sp³-hybridized carbons (Fsp3) is 0.375. The first-order chi connectivity index (χ1) is 16.1. The Kier molecular flexibility index (Phi) is 6.60. The second-order valence-electron chi connectivity index (χ2n) is 8.48. The zero-order valence-electron chi connectivity index (χ0n) is 18.4. The predicted molar refractivity (Wildman–Crippen MR) is 119 cm³/mol. The smallest absolute Gasteiger partial charge is 0.368 e. The Bertz CT molecular complexity index is 1100. The quantitative estimate of drug-likeness (QED) is 0.681. The lowest BCUT2D eigenvalue weighted by atomic mass is 10.1. The molecule has 2 aromatic carbocycles. The summed E-state index contributed by atoms with van der Waals surface area (Å²) in [6.45, 7) is 2.41. The lowest BCUT2D eigenvalue weighted by Gasteiger charge is -2.19. The van der Waals surface area contributed by atoms with Crippen molar-refractivity contribution in [2.75, 3.05) is 28.7 Å². The van der Waals surface area contributed by atoms with Crippen LogP contribution < -0.4 is 15.5 Å². The van der Waals surface area contributed by atoms with Crippen molar-refractivity contribution in [2.45, 2.75) is 38.5 Å². The Balaban J connectivity index is 1.47. The molecule has 0 spiro atoms. The minimum atomic E-state index is -4.77. The van der Waals surface area contributed by atoms with E-state index >= 15 is 0 Å². The summed E-state index contributed by atoms with van der Waals surface area (Å²) in [4.78, 5) is 38.8. The van der Waals surface area contributed by atoms with Gasteiger partial charge in [0.15, 0.2) is 0 Å². The minimum absolute atomic E-state index is 0.0487. The van der Waals surface area contributed by atoms with Gasteiger partial charge in [-0.1, -0.05) is 17.7 Å². The standard InChI is InChI=1S/C24H24F3N3O4/c1-14-4-7-17(8-5-14)30-13-15(11-21(30)31)22(32)29-19-9-6-16(12-18(19)24(25,26)27)28-23(33)20-3-2-10-34-20/h4-9,12,15,20H,2-3,10-11,13H2,1H3,(H,28,33)(H,29,32). The van der Waals surface area contributed by atoms with Gasteiger partial charge < -0.3 is 20.3 Å². The lowest BCUT2D eigenvalue weighted by Crippen LogP contribution is -2.29. The molecular formula is C24H24F3N3O4. The van der Waals surface area contributed by atoms with Gasteiger partial charge in [-0.25, -0.2) is 0 Å². The number of hydrogen-bond donors (Lipinski definition) is 2. The lowest BCUT2D eigenvalue weighted by molar-refractivity contribution is -0.137. The summed E-state index contributed by atoms with van der Waals surface area (Å²) in [7, 11) is 0. The average Bonchev–Trinajstić information content (AvgIpc) is 3.45. The molecule has 3 amide bonds. The summed E-state index contributed by atoms with van der Waals surface area (Å²) >= 11 is 0. The van der Waals surface area contributed by atoms with Crippen LogP contribution in [-0.4, -0.2) is 37.0 Å². The Morgan fingerprint density at radius 1 is 1.06 bits per heavy atom. The van der Waals surface area contributed by atoms with Crippen molar-refractivity contribution in [1.29, 1.82) is 0 Å². The van der Waals surface area contributed by atoms with Crippen molar-refractivity contribution in [2.24, 2.45) is 5.92 Å². The third-order valence-corrected chi connectivity index (χ3v) is 5.91. The normalized spacial score (nSPS) is 20.5. The van der Waals surface area contributed by atoms with Crippen molar-refractivity contribution in [3.8, 4) is 0 Å². The Morgan fingerprint density at radius 2 is 1.79 bits per heavy atom. The molecule has 4 rings (SSSR count). The number of carbonyl (C=O) groups excluding carboxylic acids is 3. The average molecular weight is 475 g/mol.